The van der Waals surface area contributed by atoms with Crippen molar-refractivity contribution in [2.24, 2.45) is 0 Å². The first-order valence-corrected chi connectivity index (χ1v) is 13.1. The third-order valence-corrected chi connectivity index (χ3v) is 6.11. The maximum absolute atomic E-state index is 13.1. The zero-order valence-corrected chi connectivity index (χ0v) is 22.6. The molecule has 0 radical (unpaired) electrons. The minimum atomic E-state index is -2.13. The molecule has 9 nitrogen and oxygen atoms in total. The maximum Gasteiger partial charge on any atom is 0.340 e. The van der Waals surface area contributed by atoms with Gasteiger partial charge in [-0.3, -0.25) is 0 Å². The Bertz CT molecular complexity index is 1360. The summed E-state index contributed by atoms with van der Waals surface area (Å²) in [4.78, 5) is 52.0. The van der Waals surface area contributed by atoms with Crippen LogP contribution in [-0.2, 0) is 18.9 Å². The molecule has 0 aliphatic rings. The van der Waals surface area contributed by atoms with Gasteiger partial charge in [0.25, 0.3) is 0 Å². The monoisotopic (exact) mass is 568 g/mol. The number of ether oxygens (including phenoxy) is 4. The molecule has 4 aromatic rings. The zero-order chi connectivity index (χ0) is 29.9. The standard InChI is InChI=1S/C33H28O9/c1-22(39-29(34)23-14-6-2-7-15-23)27(40-30(35)24-16-8-3-9-17-24)28(41-31(36)25-18-10-4-11-19-25)33(38)42-32(37)26-20-12-5-13-21-26/h2-22,27-28,33,38H,1H3/t22-,27?,28-,33-/m0/s1. The van der Waals surface area contributed by atoms with Gasteiger partial charge in [0.1, 0.15) is 6.10 Å². The summed E-state index contributed by atoms with van der Waals surface area (Å²) < 4.78 is 22.1. The van der Waals surface area contributed by atoms with Crippen LogP contribution in [0.25, 0.3) is 0 Å². The van der Waals surface area contributed by atoms with E-state index >= 15 is 0 Å². The van der Waals surface area contributed by atoms with Gasteiger partial charge in [-0.2, -0.15) is 0 Å². The highest BCUT2D eigenvalue weighted by atomic mass is 16.7. The summed E-state index contributed by atoms with van der Waals surface area (Å²) in [5, 5.41) is 11.1. The molecule has 0 bridgehead atoms. The van der Waals surface area contributed by atoms with Crippen LogP contribution in [0.15, 0.2) is 121 Å². The Hall–Kier alpha value is -5.28. The molecule has 0 aliphatic carbocycles. The SMILES string of the molecule is C[C@H](OC(=O)c1ccccc1)C(OC(=O)c1ccccc1)[C@H](OC(=O)c1ccccc1)[C@@H](O)OC(=O)c1ccccc1. The van der Waals surface area contributed by atoms with Gasteiger partial charge in [-0.25, -0.2) is 19.2 Å². The van der Waals surface area contributed by atoms with Gasteiger partial charge in [0, 0.05) is 0 Å². The van der Waals surface area contributed by atoms with Crippen LogP contribution in [0.5, 0.6) is 0 Å². The normalized spacial score (nSPS) is 13.5. The lowest BCUT2D eigenvalue weighted by Gasteiger charge is -2.33. The Labute approximate surface area is 242 Å². The van der Waals surface area contributed by atoms with Gasteiger partial charge in [-0.05, 0) is 55.5 Å². The van der Waals surface area contributed by atoms with Gasteiger partial charge in [-0.1, -0.05) is 72.8 Å². The number of esters is 4. The molecule has 0 spiro atoms. The third kappa shape index (κ3) is 7.89. The Kier molecular flexibility index (Phi) is 10.2. The largest absolute Gasteiger partial charge is 0.455 e. The summed E-state index contributed by atoms with van der Waals surface area (Å²) in [7, 11) is 0. The molecule has 0 fully saturated rings. The summed E-state index contributed by atoms with van der Waals surface area (Å²) >= 11 is 0. The second-order valence-electron chi connectivity index (χ2n) is 9.11. The first-order chi connectivity index (χ1) is 20.3. The fourth-order valence-electron chi connectivity index (χ4n) is 3.95. The highest BCUT2D eigenvalue weighted by Crippen LogP contribution is 2.22. The van der Waals surface area contributed by atoms with E-state index in [0.29, 0.717) is 0 Å². The second-order valence-corrected chi connectivity index (χ2v) is 9.11. The van der Waals surface area contributed by atoms with Crippen LogP contribution in [0.2, 0.25) is 0 Å². The number of aliphatic hydroxyl groups is 1. The molecule has 0 aromatic heterocycles. The lowest BCUT2D eigenvalue weighted by Crippen LogP contribution is -2.51. The van der Waals surface area contributed by atoms with Gasteiger partial charge >= 0.3 is 23.9 Å². The van der Waals surface area contributed by atoms with Gasteiger partial charge < -0.3 is 24.1 Å². The van der Waals surface area contributed by atoms with Crippen LogP contribution >= 0.6 is 0 Å². The molecule has 4 rings (SSSR count). The Morgan fingerprint density at radius 3 is 1.10 bits per heavy atom. The molecule has 214 valence electrons. The molecule has 0 saturated heterocycles. The van der Waals surface area contributed by atoms with Crippen molar-refractivity contribution >= 4 is 23.9 Å². The van der Waals surface area contributed by atoms with Crippen LogP contribution in [0.3, 0.4) is 0 Å². The van der Waals surface area contributed by atoms with Crippen molar-refractivity contribution in [1.29, 1.82) is 0 Å². The number of carbonyl (C=O) groups excluding carboxylic acids is 4. The molecule has 0 amide bonds. The van der Waals surface area contributed by atoms with Crippen LogP contribution in [0.1, 0.15) is 48.4 Å². The topological polar surface area (TPSA) is 125 Å². The van der Waals surface area contributed by atoms with Crippen molar-refractivity contribution in [3.8, 4) is 0 Å². The van der Waals surface area contributed by atoms with E-state index in [-0.39, 0.29) is 22.3 Å². The smallest absolute Gasteiger partial charge is 0.340 e. The minimum Gasteiger partial charge on any atom is -0.455 e. The molecule has 0 saturated carbocycles. The molecule has 9 heteroatoms. The molecular weight excluding hydrogens is 540 g/mol. The number of hydrogen-bond acceptors (Lipinski definition) is 9. The molecule has 1 unspecified atom stereocenters. The second kappa shape index (κ2) is 14.4. The average Bonchev–Trinajstić information content (AvgIpc) is 3.04. The van der Waals surface area contributed by atoms with Crippen molar-refractivity contribution < 1.29 is 43.2 Å². The summed E-state index contributed by atoms with van der Waals surface area (Å²) in [6, 6.07) is 31.7. The fourth-order valence-corrected chi connectivity index (χ4v) is 3.95. The van der Waals surface area contributed by atoms with E-state index in [1.807, 2.05) is 0 Å². The Balaban J connectivity index is 1.68. The summed E-state index contributed by atoms with van der Waals surface area (Å²) in [6.45, 7) is 1.40. The highest BCUT2D eigenvalue weighted by molar-refractivity contribution is 5.91. The van der Waals surface area contributed by atoms with Crippen LogP contribution in [0.4, 0.5) is 0 Å². The number of hydrogen-bond donors (Lipinski definition) is 1. The number of benzene rings is 4. The van der Waals surface area contributed by atoms with Crippen LogP contribution in [0, 0.1) is 0 Å². The van der Waals surface area contributed by atoms with E-state index in [1.165, 1.54) is 55.5 Å². The average molecular weight is 569 g/mol. The van der Waals surface area contributed by atoms with Gasteiger partial charge in [0.15, 0.2) is 6.10 Å². The molecule has 1 N–H and O–H groups in total. The summed E-state index contributed by atoms with van der Waals surface area (Å²) in [5.74, 6) is -3.44. The first kappa shape index (κ1) is 29.7. The lowest BCUT2D eigenvalue weighted by molar-refractivity contribution is -0.180. The fraction of sp³-hybridized carbons (Fsp3) is 0.152. The van der Waals surface area contributed by atoms with E-state index in [0.717, 1.165) is 0 Å². The maximum atomic E-state index is 13.1. The summed E-state index contributed by atoms with van der Waals surface area (Å²) in [6.07, 6.45) is -6.84. The molecule has 4 atom stereocenters. The van der Waals surface area contributed by atoms with E-state index < -0.39 is 48.5 Å². The Morgan fingerprint density at radius 1 is 0.452 bits per heavy atom. The molecule has 0 aliphatic heterocycles. The number of aliphatic hydroxyl groups excluding tert-OH is 1. The van der Waals surface area contributed by atoms with Crippen molar-refractivity contribution in [1.82, 2.24) is 0 Å². The first-order valence-electron chi connectivity index (χ1n) is 13.1. The molecular formula is C33H28O9. The van der Waals surface area contributed by atoms with Crippen LogP contribution in [-0.4, -0.2) is 53.6 Å². The van der Waals surface area contributed by atoms with E-state index in [9.17, 15) is 24.3 Å². The number of rotatable bonds is 11. The quantitative estimate of drug-likeness (QED) is 0.153. The predicted octanol–water partition coefficient (Wildman–Crippen LogP) is 4.86. The van der Waals surface area contributed by atoms with Gasteiger partial charge in [-0.15, -0.1) is 0 Å². The van der Waals surface area contributed by atoms with E-state index in [1.54, 1.807) is 72.8 Å². The number of carbonyl (C=O) groups is 4. The minimum absolute atomic E-state index is 0.117. The van der Waals surface area contributed by atoms with Crippen LogP contribution < -0.4 is 0 Å². The lowest BCUT2D eigenvalue weighted by atomic mass is 10.1. The summed E-state index contributed by atoms with van der Waals surface area (Å²) in [5.41, 5.74) is 0.594. The molecule has 0 heterocycles. The third-order valence-electron chi connectivity index (χ3n) is 6.11. The van der Waals surface area contributed by atoms with Crippen molar-refractivity contribution in [3.63, 3.8) is 0 Å². The highest BCUT2D eigenvalue weighted by Gasteiger charge is 2.43. The van der Waals surface area contributed by atoms with Crippen molar-refractivity contribution in [2.45, 2.75) is 31.5 Å². The van der Waals surface area contributed by atoms with Crippen molar-refractivity contribution in [3.05, 3.63) is 144 Å². The van der Waals surface area contributed by atoms with Gasteiger partial charge in [0.05, 0.1) is 22.3 Å². The molecule has 4 aromatic carbocycles. The predicted molar refractivity (Wildman–Crippen MR) is 150 cm³/mol. The zero-order valence-electron chi connectivity index (χ0n) is 22.6. The van der Waals surface area contributed by atoms with Crippen molar-refractivity contribution in [2.75, 3.05) is 0 Å². The Morgan fingerprint density at radius 2 is 0.738 bits per heavy atom. The molecule has 42 heavy (non-hydrogen) atoms. The van der Waals surface area contributed by atoms with E-state index in [2.05, 4.69) is 0 Å². The van der Waals surface area contributed by atoms with E-state index in [4.69, 9.17) is 18.9 Å². The van der Waals surface area contributed by atoms with Gasteiger partial charge in [0.2, 0.25) is 12.4 Å².